The van der Waals surface area contributed by atoms with E-state index in [4.69, 9.17) is 4.42 Å². The summed E-state index contributed by atoms with van der Waals surface area (Å²) in [6.07, 6.45) is 2.17. The van der Waals surface area contributed by atoms with E-state index in [1.165, 1.54) is 11.1 Å². The maximum absolute atomic E-state index is 12.8. The van der Waals surface area contributed by atoms with Gasteiger partial charge in [0.05, 0.1) is 5.56 Å². The van der Waals surface area contributed by atoms with Crippen molar-refractivity contribution in [1.29, 1.82) is 0 Å². The Bertz CT molecular complexity index is 765. The molecule has 24 heavy (non-hydrogen) atoms. The van der Waals surface area contributed by atoms with Crippen LogP contribution >= 0.6 is 0 Å². The van der Waals surface area contributed by atoms with Gasteiger partial charge in [0.25, 0.3) is 5.91 Å². The summed E-state index contributed by atoms with van der Waals surface area (Å²) < 4.78 is 5.52. The average Bonchev–Trinajstić information content (AvgIpc) is 3.20. The molecule has 1 fully saturated rings. The first-order valence-corrected chi connectivity index (χ1v) is 8.79. The van der Waals surface area contributed by atoms with Crippen molar-refractivity contribution in [2.24, 2.45) is 0 Å². The number of benzene rings is 1. The molecule has 1 atom stereocenters. The molecule has 0 radical (unpaired) electrons. The molecule has 0 spiro atoms. The summed E-state index contributed by atoms with van der Waals surface area (Å²) in [5.41, 5.74) is 3.64. The number of likely N-dealkylation sites (tertiary alicyclic amines) is 1. The Morgan fingerprint density at radius 2 is 1.96 bits per heavy atom. The SMILES string of the molecule is Cc1cc(C(=O)N2CCC(N3CCc4ccccc4C3)C2)c(C)o1. The molecule has 4 nitrogen and oxygen atoms in total. The Hall–Kier alpha value is -2.07. The standard InChI is InChI=1S/C20H24N2O2/c1-14-11-19(15(2)24-14)20(23)22-10-8-18(13-22)21-9-7-16-5-3-4-6-17(16)12-21/h3-6,11,18H,7-10,12-13H2,1-2H3. The molecule has 1 aromatic heterocycles. The molecule has 4 heteroatoms. The maximum Gasteiger partial charge on any atom is 0.257 e. The van der Waals surface area contributed by atoms with Gasteiger partial charge >= 0.3 is 0 Å². The fourth-order valence-corrected chi connectivity index (χ4v) is 4.07. The van der Waals surface area contributed by atoms with Crippen LogP contribution in [0.2, 0.25) is 0 Å². The molecular weight excluding hydrogens is 300 g/mol. The normalized spacial score (nSPS) is 21.1. The van der Waals surface area contributed by atoms with Crippen LogP contribution in [0.25, 0.3) is 0 Å². The van der Waals surface area contributed by atoms with E-state index in [0.717, 1.165) is 56.1 Å². The highest BCUT2D eigenvalue weighted by Gasteiger charge is 2.33. The highest BCUT2D eigenvalue weighted by Crippen LogP contribution is 2.26. The van der Waals surface area contributed by atoms with E-state index >= 15 is 0 Å². The maximum atomic E-state index is 12.8. The number of aryl methyl sites for hydroxylation is 2. The Labute approximate surface area is 143 Å². The third-order valence-corrected chi connectivity index (χ3v) is 5.40. The van der Waals surface area contributed by atoms with Crippen molar-refractivity contribution in [2.75, 3.05) is 19.6 Å². The molecule has 1 aromatic carbocycles. The fourth-order valence-electron chi connectivity index (χ4n) is 4.07. The van der Waals surface area contributed by atoms with Crippen molar-refractivity contribution in [1.82, 2.24) is 9.80 Å². The molecule has 0 bridgehead atoms. The molecule has 0 N–H and O–H groups in total. The Kier molecular flexibility index (Phi) is 3.93. The highest BCUT2D eigenvalue weighted by atomic mass is 16.3. The molecule has 1 unspecified atom stereocenters. The van der Waals surface area contributed by atoms with Crippen LogP contribution in [-0.4, -0.2) is 41.4 Å². The molecule has 2 aliphatic rings. The minimum atomic E-state index is 0.115. The van der Waals surface area contributed by atoms with Crippen LogP contribution in [-0.2, 0) is 13.0 Å². The number of hydrogen-bond acceptors (Lipinski definition) is 3. The Balaban J connectivity index is 1.44. The number of rotatable bonds is 2. The van der Waals surface area contributed by atoms with Gasteiger partial charge in [-0.1, -0.05) is 24.3 Å². The molecule has 2 aromatic rings. The van der Waals surface area contributed by atoms with Gasteiger partial charge in [0.15, 0.2) is 0 Å². The van der Waals surface area contributed by atoms with Crippen molar-refractivity contribution in [3.63, 3.8) is 0 Å². The highest BCUT2D eigenvalue weighted by molar-refractivity contribution is 5.95. The third-order valence-electron chi connectivity index (χ3n) is 5.40. The van der Waals surface area contributed by atoms with E-state index < -0.39 is 0 Å². The van der Waals surface area contributed by atoms with Gasteiger partial charge in [-0.15, -0.1) is 0 Å². The number of hydrogen-bond donors (Lipinski definition) is 0. The molecule has 1 amide bonds. The number of carbonyl (C=O) groups is 1. The van der Waals surface area contributed by atoms with Crippen molar-refractivity contribution >= 4 is 5.91 Å². The zero-order valence-electron chi connectivity index (χ0n) is 14.4. The quantitative estimate of drug-likeness (QED) is 0.851. The summed E-state index contributed by atoms with van der Waals surface area (Å²) >= 11 is 0. The van der Waals surface area contributed by atoms with E-state index in [9.17, 15) is 4.79 Å². The van der Waals surface area contributed by atoms with Gasteiger partial charge in [0, 0.05) is 32.2 Å². The lowest BCUT2D eigenvalue weighted by Crippen LogP contribution is -2.41. The zero-order chi connectivity index (χ0) is 16.7. The van der Waals surface area contributed by atoms with Gasteiger partial charge in [-0.2, -0.15) is 0 Å². The second-order valence-corrected chi connectivity index (χ2v) is 7.01. The lowest BCUT2D eigenvalue weighted by molar-refractivity contribution is 0.0771. The lowest BCUT2D eigenvalue weighted by atomic mass is 9.98. The van der Waals surface area contributed by atoms with Crippen molar-refractivity contribution in [2.45, 2.75) is 39.3 Å². The van der Waals surface area contributed by atoms with Crippen LogP contribution in [0, 0.1) is 13.8 Å². The predicted molar refractivity (Wildman–Crippen MR) is 93.0 cm³/mol. The van der Waals surface area contributed by atoms with E-state index in [1.807, 2.05) is 24.8 Å². The molecule has 3 heterocycles. The second kappa shape index (κ2) is 6.10. The molecule has 1 saturated heterocycles. The first-order valence-electron chi connectivity index (χ1n) is 8.79. The molecule has 2 aliphatic heterocycles. The van der Waals surface area contributed by atoms with Gasteiger partial charge in [-0.25, -0.2) is 0 Å². The first kappa shape index (κ1) is 15.5. The van der Waals surface area contributed by atoms with Gasteiger partial charge in [-0.3, -0.25) is 9.69 Å². The summed E-state index contributed by atoms with van der Waals surface area (Å²) in [4.78, 5) is 17.3. The molecule has 0 saturated carbocycles. The Morgan fingerprint density at radius 3 is 2.71 bits per heavy atom. The number of furan rings is 1. The number of carbonyl (C=O) groups excluding carboxylic acids is 1. The lowest BCUT2D eigenvalue weighted by Gasteiger charge is -2.33. The minimum absolute atomic E-state index is 0.115. The van der Waals surface area contributed by atoms with Crippen LogP contribution in [0.3, 0.4) is 0 Å². The summed E-state index contributed by atoms with van der Waals surface area (Å²) in [5, 5.41) is 0. The topological polar surface area (TPSA) is 36.7 Å². The van der Waals surface area contributed by atoms with Crippen molar-refractivity contribution in [3.05, 3.63) is 58.5 Å². The van der Waals surface area contributed by atoms with E-state index in [2.05, 4.69) is 29.2 Å². The van der Waals surface area contributed by atoms with Crippen molar-refractivity contribution in [3.8, 4) is 0 Å². The number of nitrogens with zero attached hydrogens (tertiary/aromatic N) is 2. The summed E-state index contributed by atoms with van der Waals surface area (Å²) in [6, 6.07) is 11.0. The molecule has 0 aliphatic carbocycles. The molecular formula is C20H24N2O2. The van der Waals surface area contributed by atoms with Crippen LogP contribution in [0.4, 0.5) is 0 Å². The van der Waals surface area contributed by atoms with E-state index in [1.54, 1.807) is 0 Å². The minimum Gasteiger partial charge on any atom is -0.466 e. The third kappa shape index (κ3) is 2.75. The van der Waals surface area contributed by atoms with Crippen LogP contribution in [0.5, 0.6) is 0 Å². The Morgan fingerprint density at radius 1 is 1.17 bits per heavy atom. The first-order chi connectivity index (χ1) is 11.6. The largest absolute Gasteiger partial charge is 0.466 e. The number of fused-ring (bicyclic) bond motifs is 1. The smallest absolute Gasteiger partial charge is 0.257 e. The van der Waals surface area contributed by atoms with Crippen LogP contribution < -0.4 is 0 Å². The summed E-state index contributed by atoms with van der Waals surface area (Å²) in [7, 11) is 0. The molecule has 4 rings (SSSR count). The predicted octanol–water partition coefficient (Wildman–Crippen LogP) is 3.17. The van der Waals surface area contributed by atoms with E-state index in [-0.39, 0.29) is 5.91 Å². The van der Waals surface area contributed by atoms with Crippen molar-refractivity contribution < 1.29 is 9.21 Å². The van der Waals surface area contributed by atoms with Gasteiger partial charge in [-0.05, 0) is 43.9 Å². The van der Waals surface area contributed by atoms with Gasteiger partial charge in [0.1, 0.15) is 11.5 Å². The van der Waals surface area contributed by atoms with Gasteiger partial charge in [0.2, 0.25) is 0 Å². The van der Waals surface area contributed by atoms with Crippen LogP contribution in [0.15, 0.2) is 34.7 Å². The number of amides is 1. The monoisotopic (exact) mass is 324 g/mol. The summed E-state index contributed by atoms with van der Waals surface area (Å²) in [5.74, 6) is 1.65. The van der Waals surface area contributed by atoms with Crippen LogP contribution in [0.1, 0.15) is 39.4 Å². The summed E-state index contributed by atoms with van der Waals surface area (Å²) in [6.45, 7) is 7.52. The second-order valence-electron chi connectivity index (χ2n) is 7.01. The average molecular weight is 324 g/mol. The fraction of sp³-hybridized carbons (Fsp3) is 0.450. The van der Waals surface area contributed by atoms with Gasteiger partial charge < -0.3 is 9.32 Å². The molecule has 126 valence electrons. The van der Waals surface area contributed by atoms with E-state index in [0.29, 0.717) is 6.04 Å². The zero-order valence-corrected chi connectivity index (χ0v) is 14.4.